The van der Waals surface area contributed by atoms with E-state index in [4.69, 9.17) is 0 Å². The number of hydrogen-bond donors (Lipinski definition) is 1. The Hall–Kier alpha value is -2.20. The van der Waals surface area contributed by atoms with Gasteiger partial charge in [-0.3, -0.25) is 14.7 Å². The number of carbonyl (C=O) groups is 1. The quantitative estimate of drug-likeness (QED) is 0.891. The molecule has 2 rings (SSSR count). The molecular weight excluding hydrogens is 274 g/mol. The number of pyridine rings is 1. The number of benzene rings is 1. The maximum Gasteiger partial charge on any atom is 0.234 e. The monoisotopic (exact) mass is 297 g/mol. The van der Waals surface area contributed by atoms with Gasteiger partial charge in [0.05, 0.1) is 6.54 Å². The molecule has 0 radical (unpaired) electrons. The van der Waals surface area contributed by atoms with Crippen molar-refractivity contribution in [1.29, 1.82) is 0 Å². The molecule has 2 aromatic rings. The second-order valence-corrected chi connectivity index (χ2v) is 5.64. The molecule has 1 amide bonds. The van der Waals surface area contributed by atoms with Gasteiger partial charge >= 0.3 is 0 Å². The van der Waals surface area contributed by atoms with E-state index >= 15 is 0 Å². The zero-order chi connectivity index (χ0) is 15.9. The average Bonchev–Trinajstić information content (AvgIpc) is 2.54. The van der Waals surface area contributed by atoms with Crippen LogP contribution >= 0.6 is 0 Å². The van der Waals surface area contributed by atoms with Gasteiger partial charge in [0, 0.05) is 25.0 Å². The van der Waals surface area contributed by atoms with Gasteiger partial charge in [-0.2, -0.15) is 0 Å². The zero-order valence-corrected chi connectivity index (χ0v) is 13.4. The summed E-state index contributed by atoms with van der Waals surface area (Å²) in [6.07, 6.45) is 3.49. The Morgan fingerprint density at radius 1 is 1.27 bits per heavy atom. The van der Waals surface area contributed by atoms with Crippen LogP contribution in [0.1, 0.15) is 29.7 Å². The van der Waals surface area contributed by atoms with E-state index in [9.17, 15) is 4.79 Å². The Morgan fingerprint density at radius 3 is 2.64 bits per heavy atom. The van der Waals surface area contributed by atoms with Crippen molar-refractivity contribution in [2.45, 2.75) is 26.4 Å². The van der Waals surface area contributed by atoms with Crippen LogP contribution in [0, 0.1) is 6.92 Å². The first kappa shape index (κ1) is 16.2. The lowest BCUT2D eigenvalue weighted by molar-refractivity contribution is -0.122. The number of carbonyl (C=O) groups excluding carboxylic acids is 1. The maximum absolute atomic E-state index is 12.0. The van der Waals surface area contributed by atoms with Gasteiger partial charge in [-0.1, -0.05) is 35.9 Å². The van der Waals surface area contributed by atoms with Gasteiger partial charge in [0.1, 0.15) is 0 Å². The summed E-state index contributed by atoms with van der Waals surface area (Å²) in [5.74, 6) is 0.0188. The van der Waals surface area contributed by atoms with Crippen molar-refractivity contribution in [1.82, 2.24) is 15.2 Å². The number of amides is 1. The number of nitrogens with one attached hydrogen (secondary N) is 1. The third kappa shape index (κ3) is 4.67. The number of nitrogens with zero attached hydrogens (tertiary/aromatic N) is 2. The van der Waals surface area contributed by atoms with Crippen LogP contribution in [0.3, 0.4) is 0 Å². The van der Waals surface area contributed by atoms with E-state index in [1.807, 2.05) is 24.1 Å². The van der Waals surface area contributed by atoms with E-state index in [0.717, 1.165) is 5.56 Å². The molecule has 1 N–H and O–H groups in total. The molecule has 4 heteroatoms. The van der Waals surface area contributed by atoms with E-state index in [2.05, 4.69) is 48.4 Å². The van der Waals surface area contributed by atoms with Gasteiger partial charge in [-0.15, -0.1) is 0 Å². The number of aromatic nitrogens is 1. The van der Waals surface area contributed by atoms with Gasteiger partial charge in [0.15, 0.2) is 0 Å². The van der Waals surface area contributed by atoms with E-state index in [-0.39, 0.29) is 11.9 Å². The molecule has 0 saturated carbocycles. The van der Waals surface area contributed by atoms with Crippen LogP contribution in [0.4, 0.5) is 0 Å². The fraction of sp³-hybridized carbons (Fsp3) is 0.333. The van der Waals surface area contributed by atoms with Gasteiger partial charge in [0.25, 0.3) is 0 Å². The minimum atomic E-state index is 0.0188. The highest BCUT2D eigenvalue weighted by Crippen LogP contribution is 2.18. The molecule has 1 aromatic heterocycles. The predicted octanol–water partition coefficient (Wildman–Crippen LogP) is 2.70. The standard InChI is InChI=1S/C18H23N3O/c1-14-6-8-17(9-7-14)15(2)21(3)13-18(22)20-12-16-5-4-10-19-11-16/h4-11,15H,12-13H2,1-3H3,(H,20,22)/t15-/m1/s1. The Morgan fingerprint density at radius 2 is 2.00 bits per heavy atom. The fourth-order valence-corrected chi connectivity index (χ4v) is 2.22. The van der Waals surface area contributed by atoms with Crippen LogP contribution in [-0.4, -0.2) is 29.4 Å². The van der Waals surface area contributed by atoms with Crippen molar-refractivity contribution in [3.05, 3.63) is 65.5 Å². The molecule has 0 aliphatic heterocycles. The second-order valence-electron chi connectivity index (χ2n) is 5.64. The normalized spacial score (nSPS) is 12.2. The smallest absolute Gasteiger partial charge is 0.234 e. The molecule has 116 valence electrons. The molecule has 0 saturated heterocycles. The van der Waals surface area contributed by atoms with E-state index in [1.54, 1.807) is 12.4 Å². The summed E-state index contributed by atoms with van der Waals surface area (Å²) in [4.78, 5) is 18.1. The first-order valence-corrected chi connectivity index (χ1v) is 7.48. The van der Waals surface area contributed by atoms with E-state index in [1.165, 1.54) is 11.1 Å². The van der Waals surface area contributed by atoms with Crippen LogP contribution in [-0.2, 0) is 11.3 Å². The Bertz CT molecular complexity index is 595. The molecule has 1 aromatic carbocycles. The molecular formula is C18H23N3O. The number of rotatable bonds is 6. The lowest BCUT2D eigenvalue weighted by atomic mass is 10.1. The van der Waals surface area contributed by atoms with E-state index in [0.29, 0.717) is 13.1 Å². The minimum absolute atomic E-state index is 0.0188. The molecule has 0 bridgehead atoms. The fourth-order valence-electron chi connectivity index (χ4n) is 2.22. The van der Waals surface area contributed by atoms with Gasteiger partial charge in [0.2, 0.25) is 5.91 Å². The van der Waals surface area contributed by atoms with Crippen LogP contribution < -0.4 is 5.32 Å². The van der Waals surface area contributed by atoms with Crippen molar-refractivity contribution in [2.24, 2.45) is 0 Å². The first-order chi connectivity index (χ1) is 10.6. The summed E-state index contributed by atoms with van der Waals surface area (Å²) >= 11 is 0. The molecule has 0 spiro atoms. The molecule has 0 aliphatic rings. The number of aryl methyl sites for hydroxylation is 1. The molecule has 1 heterocycles. The summed E-state index contributed by atoms with van der Waals surface area (Å²) in [6.45, 7) is 5.07. The minimum Gasteiger partial charge on any atom is -0.351 e. The average molecular weight is 297 g/mol. The number of hydrogen-bond acceptors (Lipinski definition) is 3. The predicted molar refractivity (Wildman–Crippen MR) is 88.3 cm³/mol. The summed E-state index contributed by atoms with van der Waals surface area (Å²) in [5.41, 5.74) is 3.46. The summed E-state index contributed by atoms with van der Waals surface area (Å²) in [7, 11) is 1.97. The molecule has 1 atom stereocenters. The summed E-state index contributed by atoms with van der Waals surface area (Å²) < 4.78 is 0. The zero-order valence-electron chi connectivity index (χ0n) is 13.4. The van der Waals surface area contributed by atoms with Crippen molar-refractivity contribution in [2.75, 3.05) is 13.6 Å². The topological polar surface area (TPSA) is 45.2 Å². The molecule has 0 fully saturated rings. The van der Waals surface area contributed by atoms with Crippen LogP contribution in [0.25, 0.3) is 0 Å². The van der Waals surface area contributed by atoms with Gasteiger partial charge in [-0.25, -0.2) is 0 Å². The largest absolute Gasteiger partial charge is 0.351 e. The van der Waals surface area contributed by atoms with Crippen molar-refractivity contribution in [3.8, 4) is 0 Å². The molecule has 22 heavy (non-hydrogen) atoms. The SMILES string of the molecule is Cc1ccc([C@@H](C)N(C)CC(=O)NCc2cccnc2)cc1. The lowest BCUT2D eigenvalue weighted by Gasteiger charge is -2.24. The van der Waals surface area contributed by atoms with E-state index < -0.39 is 0 Å². The third-order valence-corrected chi connectivity index (χ3v) is 3.83. The Kier molecular flexibility index (Phi) is 5.67. The van der Waals surface area contributed by atoms with Gasteiger partial charge < -0.3 is 5.32 Å². The highest BCUT2D eigenvalue weighted by Gasteiger charge is 2.14. The van der Waals surface area contributed by atoms with Crippen molar-refractivity contribution in [3.63, 3.8) is 0 Å². The second kappa shape index (κ2) is 7.71. The lowest BCUT2D eigenvalue weighted by Crippen LogP contribution is -2.36. The summed E-state index contributed by atoms with van der Waals surface area (Å²) in [5, 5.41) is 2.92. The first-order valence-electron chi connectivity index (χ1n) is 7.48. The highest BCUT2D eigenvalue weighted by molar-refractivity contribution is 5.78. The van der Waals surface area contributed by atoms with Crippen molar-refractivity contribution < 1.29 is 4.79 Å². The third-order valence-electron chi connectivity index (χ3n) is 3.83. The molecule has 0 unspecified atom stereocenters. The van der Waals surface area contributed by atoms with Crippen LogP contribution in [0.5, 0.6) is 0 Å². The number of likely N-dealkylation sites (N-methyl/N-ethyl adjacent to an activating group) is 1. The highest BCUT2D eigenvalue weighted by atomic mass is 16.2. The van der Waals surface area contributed by atoms with Crippen LogP contribution in [0.2, 0.25) is 0 Å². The Labute approximate surface area is 132 Å². The molecule has 4 nitrogen and oxygen atoms in total. The van der Waals surface area contributed by atoms with Gasteiger partial charge in [-0.05, 0) is 38.1 Å². The van der Waals surface area contributed by atoms with Crippen LogP contribution in [0.15, 0.2) is 48.8 Å². The van der Waals surface area contributed by atoms with Crippen molar-refractivity contribution >= 4 is 5.91 Å². The summed E-state index contributed by atoms with van der Waals surface area (Å²) in [6, 6.07) is 12.4. The maximum atomic E-state index is 12.0. The Balaban J connectivity index is 1.84. The molecule has 0 aliphatic carbocycles.